The Bertz CT molecular complexity index is 959. The molecule has 0 unspecified atom stereocenters. The lowest BCUT2D eigenvalue weighted by Crippen LogP contribution is -2.30. The van der Waals surface area contributed by atoms with Crippen molar-refractivity contribution in [2.45, 2.75) is 10.8 Å². The van der Waals surface area contributed by atoms with Crippen LogP contribution in [0.2, 0.25) is 0 Å². The molecule has 0 aliphatic carbocycles. The van der Waals surface area contributed by atoms with E-state index in [0.717, 1.165) is 5.88 Å². The van der Waals surface area contributed by atoms with E-state index in [-0.39, 0.29) is 0 Å². The van der Waals surface area contributed by atoms with Crippen molar-refractivity contribution in [3.8, 4) is 11.4 Å². The molecule has 0 saturated heterocycles. The number of rotatable bonds is 4. The third-order valence-corrected chi connectivity index (χ3v) is 5.24. The van der Waals surface area contributed by atoms with E-state index in [9.17, 15) is 0 Å². The number of thioether (sulfide) groups is 1. The summed E-state index contributed by atoms with van der Waals surface area (Å²) in [5.41, 5.74) is 3.76. The number of fused-ring (bicyclic) bond motifs is 1. The van der Waals surface area contributed by atoms with Crippen LogP contribution in [0.1, 0.15) is 0 Å². The first-order valence-corrected chi connectivity index (χ1v) is 9.03. The quantitative estimate of drug-likeness (QED) is 0.382. The summed E-state index contributed by atoms with van der Waals surface area (Å²) in [5, 5.41) is 0. The summed E-state index contributed by atoms with van der Waals surface area (Å²) in [5.74, 6) is 2.12. The largest absolute Gasteiger partial charge is 0.290 e. The molecule has 0 radical (unpaired) electrons. The number of hydrogen-bond acceptors (Lipinski definition) is 1. The topological polar surface area (TPSA) is 8.81 Å². The molecule has 4 rings (SSSR count). The fraction of sp³-hybridized carbons (Fsp3) is 0.0952. The molecule has 0 N–H and O–H groups in total. The summed E-state index contributed by atoms with van der Waals surface area (Å²) in [6.07, 6.45) is 0. The van der Waals surface area contributed by atoms with Gasteiger partial charge in [0.25, 0.3) is 5.82 Å². The zero-order valence-electron chi connectivity index (χ0n) is 13.6. The highest BCUT2D eigenvalue weighted by Gasteiger charge is 2.23. The third-order valence-electron chi connectivity index (χ3n) is 4.24. The van der Waals surface area contributed by atoms with Crippen molar-refractivity contribution in [2.75, 3.05) is 0 Å². The molecule has 2 nitrogen and oxygen atoms in total. The van der Waals surface area contributed by atoms with E-state index in [1.54, 1.807) is 0 Å². The molecule has 0 saturated carbocycles. The van der Waals surface area contributed by atoms with Crippen molar-refractivity contribution < 1.29 is 4.57 Å². The lowest BCUT2D eigenvalue weighted by atomic mass is 10.2. The van der Waals surface area contributed by atoms with Gasteiger partial charge >= 0.3 is 0 Å². The van der Waals surface area contributed by atoms with Crippen LogP contribution < -0.4 is 4.57 Å². The Balaban J connectivity index is 1.83. The van der Waals surface area contributed by atoms with Gasteiger partial charge in [-0.25, -0.2) is 9.13 Å². The minimum atomic E-state index is 0.885. The molecule has 0 atom stereocenters. The highest BCUT2D eigenvalue weighted by molar-refractivity contribution is 7.98. The van der Waals surface area contributed by atoms with Crippen LogP contribution in [-0.2, 0) is 12.9 Å². The summed E-state index contributed by atoms with van der Waals surface area (Å²) in [7, 11) is 2.15. The second-order valence-electron chi connectivity index (χ2n) is 5.75. The van der Waals surface area contributed by atoms with Gasteiger partial charge in [0.05, 0.1) is 12.6 Å². The van der Waals surface area contributed by atoms with E-state index in [4.69, 9.17) is 0 Å². The summed E-state index contributed by atoms with van der Waals surface area (Å²) < 4.78 is 4.69. The monoisotopic (exact) mass is 331 g/mol. The summed E-state index contributed by atoms with van der Waals surface area (Å²) >= 11 is 1.86. The molecule has 1 aromatic heterocycles. The third kappa shape index (κ3) is 2.72. The maximum absolute atomic E-state index is 2.41. The van der Waals surface area contributed by atoms with Crippen LogP contribution in [0, 0.1) is 0 Å². The number of para-hydroxylation sites is 2. The van der Waals surface area contributed by atoms with Gasteiger partial charge in [-0.2, -0.15) is 0 Å². The highest BCUT2D eigenvalue weighted by atomic mass is 32.2. The Morgan fingerprint density at radius 2 is 1.42 bits per heavy atom. The fourth-order valence-electron chi connectivity index (χ4n) is 3.11. The van der Waals surface area contributed by atoms with Gasteiger partial charge in [-0.3, -0.25) is 0 Å². The number of benzene rings is 3. The number of aryl methyl sites for hydroxylation is 1. The molecule has 4 aromatic rings. The second kappa shape index (κ2) is 6.54. The van der Waals surface area contributed by atoms with Crippen molar-refractivity contribution in [3.63, 3.8) is 0 Å². The van der Waals surface area contributed by atoms with Crippen molar-refractivity contribution in [1.82, 2.24) is 4.57 Å². The van der Waals surface area contributed by atoms with Gasteiger partial charge < -0.3 is 0 Å². The van der Waals surface area contributed by atoms with Crippen LogP contribution in [0.4, 0.5) is 0 Å². The summed E-state index contributed by atoms with van der Waals surface area (Å²) in [6, 6.07) is 29.8. The predicted octanol–water partition coefficient (Wildman–Crippen LogP) is 4.88. The maximum atomic E-state index is 2.41. The minimum Gasteiger partial charge on any atom is -0.226 e. The minimum absolute atomic E-state index is 0.885. The molecular weight excluding hydrogens is 312 g/mol. The van der Waals surface area contributed by atoms with Crippen LogP contribution in [-0.4, -0.2) is 4.57 Å². The van der Waals surface area contributed by atoms with Gasteiger partial charge in [-0.05, 0) is 36.4 Å². The van der Waals surface area contributed by atoms with Gasteiger partial charge in [0.2, 0.25) is 0 Å². The maximum Gasteiger partial charge on any atom is 0.290 e. The molecule has 3 heteroatoms. The molecule has 0 aliphatic heterocycles. The number of aromatic nitrogens is 2. The molecule has 0 aliphatic rings. The Morgan fingerprint density at radius 1 is 0.792 bits per heavy atom. The zero-order chi connectivity index (χ0) is 16.4. The second-order valence-corrected chi connectivity index (χ2v) is 6.77. The first-order chi connectivity index (χ1) is 11.8. The normalized spacial score (nSPS) is 11.0. The highest BCUT2D eigenvalue weighted by Crippen LogP contribution is 2.27. The summed E-state index contributed by atoms with van der Waals surface area (Å²) in [4.78, 5) is 1.29. The van der Waals surface area contributed by atoms with Crippen LogP contribution >= 0.6 is 11.8 Å². The Morgan fingerprint density at radius 3 is 2.17 bits per heavy atom. The molecule has 0 spiro atoms. The van der Waals surface area contributed by atoms with Gasteiger partial charge in [0.1, 0.15) is 5.88 Å². The lowest BCUT2D eigenvalue weighted by molar-refractivity contribution is -0.634. The first-order valence-electron chi connectivity index (χ1n) is 8.05. The number of hydrogen-bond donors (Lipinski definition) is 0. The van der Waals surface area contributed by atoms with E-state index < -0.39 is 0 Å². The molecule has 118 valence electrons. The van der Waals surface area contributed by atoms with Crippen molar-refractivity contribution >= 4 is 22.8 Å². The first kappa shape index (κ1) is 15.0. The zero-order valence-corrected chi connectivity index (χ0v) is 14.4. The lowest BCUT2D eigenvalue weighted by Gasteiger charge is -2.04. The van der Waals surface area contributed by atoms with Gasteiger partial charge in [0.15, 0.2) is 11.0 Å². The van der Waals surface area contributed by atoms with E-state index in [0.29, 0.717) is 0 Å². The van der Waals surface area contributed by atoms with Gasteiger partial charge in [0, 0.05) is 4.90 Å². The standard InChI is InChI=1S/C21H19N2S/c1-22-19-14-8-9-15-20(19)23(16-24-18-12-6-3-7-13-18)21(22)17-10-4-2-5-11-17/h2-15H,16H2,1H3/q+1. The molecule has 0 amide bonds. The van der Waals surface area contributed by atoms with Crippen LogP contribution in [0.3, 0.4) is 0 Å². The molecular formula is C21H19N2S+. The molecule has 1 heterocycles. The van der Waals surface area contributed by atoms with E-state index >= 15 is 0 Å². The predicted molar refractivity (Wildman–Crippen MR) is 101 cm³/mol. The SMILES string of the molecule is C[n+]1c(-c2ccccc2)n(CSc2ccccc2)c2ccccc21. The average Bonchev–Trinajstić information content (AvgIpc) is 2.94. The van der Waals surface area contributed by atoms with Gasteiger partial charge in [-0.15, -0.1) is 0 Å². The van der Waals surface area contributed by atoms with Crippen molar-refractivity contribution in [2.24, 2.45) is 7.05 Å². The Kier molecular flexibility index (Phi) is 4.09. The smallest absolute Gasteiger partial charge is 0.226 e. The van der Waals surface area contributed by atoms with Crippen LogP contribution in [0.5, 0.6) is 0 Å². The van der Waals surface area contributed by atoms with E-state index in [1.807, 2.05) is 11.8 Å². The van der Waals surface area contributed by atoms with Crippen LogP contribution in [0.15, 0.2) is 89.8 Å². The van der Waals surface area contributed by atoms with E-state index in [2.05, 4.69) is 101 Å². The average molecular weight is 331 g/mol. The summed E-state index contributed by atoms with van der Waals surface area (Å²) in [6.45, 7) is 0. The van der Waals surface area contributed by atoms with Crippen molar-refractivity contribution in [1.29, 1.82) is 0 Å². The Labute approximate surface area is 146 Å². The van der Waals surface area contributed by atoms with Crippen molar-refractivity contribution in [3.05, 3.63) is 84.9 Å². The van der Waals surface area contributed by atoms with Gasteiger partial charge in [-0.1, -0.05) is 60.3 Å². The van der Waals surface area contributed by atoms with E-state index in [1.165, 1.54) is 27.3 Å². The molecule has 0 bridgehead atoms. The van der Waals surface area contributed by atoms with Crippen LogP contribution in [0.25, 0.3) is 22.4 Å². The number of nitrogens with zero attached hydrogens (tertiary/aromatic N) is 2. The molecule has 3 aromatic carbocycles. The molecule has 24 heavy (non-hydrogen) atoms. The number of imidazole rings is 1. The molecule has 0 fully saturated rings. The fourth-order valence-corrected chi connectivity index (χ4v) is 4.00. The Hall–Kier alpha value is -2.52.